The molecule has 0 aromatic rings. The molecule has 0 aliphatic rings. The molecule has 0 atom stereocenters. The molecular weight excluding hydrogens is 210 g/mol. The summed E-state index contributed by atoms with van der Waals surface area (Å²) >= 11 is 0. The van der Waals surface area contributed by atoms with E-state index in [0.717, 1.165) is 0 Å². The first-order chi connectivity index (χ1) is 7.70. The lowest BCUT2D eigenvalue weighted by molar-refractivity contribution is -0.144. The number of esters is 2. The van der Waals surface area contributed by atoms with Gasteiger partial charge in [-0.3, -0.25) is 9.59 Å². The van der Waals surface area contributed by atoms with Crippen LogP contribution in [0.5, 0.6) is 0 Å². The molecule has 86 valence electrons. The third kappa shape index (κ3) is 8.58. The second-order valence-electron chi connectivity index (χ2n) is 2.89. The van der Waals surface area contributed by atoms with E-state index < -0.39 is 5.97 Å². The van der Waals surface area contributed by atoms with Gasteiger partial charge in [0.25, 0.3) is 0 Å². The van der Waals surface area contributed by atoms with Gasteiger partial charge in [-0.15, -0.1) is 6.42 Å². The van der Waals surface area contributed by atoms with E-state index in [0.29, 0.717) is 12.8 Å². The molecule has 16 heavy (non-hydrogen) atoms. The predicted molar refractivity (Wildman–Crippen MR) is 54.8 cm³/mol. The van der Waals surface area contributed by atoms with E-state index in [9.17, 15) is 9.59 Å². The predicted octanol–water partition coefficient (Wildman–Crippen LogP) is 0.790. The topological polar surface area (TPSA) is 76.4 Å². The SMILES string of the molecule is C#CCOC(=O)CCCCC(=O)OCC#N. The van der Waals surface area contributed by atoms with E-state index in [-0.39, 0.29) is 32.0 Å². The number of carbonyl (C=O) groups is 2. The Balaban J connectivity index is 3.40. The van der Waals surface area contributed by atoms with Gasteiger partial charge in [-0.25, -0.2) is 0 Å². The van der Waals surface area contributed by atoms with Crippen LogP contribution in [0.3, 0.4) is 0 Å². The Morgan fingerprint density at radius 1 is 1.06 bits per heavy atom. The van der Waals surface area contributed by atoms with Crippen LogP contribution >= 0.6 is 0 Å². The summed E-state index contributed by atoms with van der Waals surface area (Å²) in [6.45, 7) is -0.258. The van der Waals surface area contributed by atoms with Crippen molar-refractivity contribution in [2.75, 3.05) is 13.2 Å². The molecule has 0 N–H and O–H groups in total. The van der Waals surface area contributed by atoms with Crippen LogP contribution in [-0.2, 0) is 19.1 Å². The number of rotatable bonds is 7. The summed E-state index contributed by atoms with van der Waals surface area (Å²) in [6, 6.07) is 1.69. The zero-order valence-electron chi connectivity index (χ0n) is 8.90. The molecule has 0 rings (SSSR count). The van der Waals surface area contributed by atoms with Crippen LogP contribution in [0.2, 0.25) is 0 Å². The Hall–Kier alpha value is -2.01. The van der Waals surface area contributed by atoms with E-state index in [1.165, 1.54) is 0 Å². The van der Waals surface area contributed by atoms with Gasteiger partial charge < -0.3 is 9.47 Å². The average Bonchev–Trinajstić information content (AvgIpc) is 2.29. The summed E-state index contributed by atoms with van der Waals surface area (Å²) in [5.74, 6) is 1.38. The number of hydrogen-bond donors (Lipinski definition) is 0. The molecule has 0 unspecified atom stereocenters. The highest BCUT2D eigenvalue weighted by atomic mass is 16.5. The second-order valence-corrected chi connectivity index (χ2v) is 2.89. The minimum absolute atomic E-state index is 0.0248. The molecule has 0 aliphatic heterocycles. The van der Waals surface area contributed by atoms with E-state index >= 15 is 0 Å². The van der Waals surface area contributed by atoms with Gasteiger partial charge in [0.15, 0.2) is 13.2 Å². The molecule has 0 saturated carbocycles. The maximum atomic E-state index is 10.9. The third-order valence-electron chi connectivity index (χ3n) is 1.63. The fourth-order valence-corrected chi connectivity index (χ4v) is 0.918. The average molecular weight is 223 g/mol. The van der Waals surface area contributed by atoms with E-state index in [1.54, 1.807) is 6.07 Å². The molecule has 0 saturated heterocycles. The Morgan fingerprint density at radius 3 is 2.00 bits per heavy atom. The van der Waals surface area contributed by atoms with Crippen molar-refractivity contribution in [3.05, 3.63) is 0 Å². The van der Waals surface area contributed by atoms with Gasteiger partial charge in [0.1, 0.15) is 6.07 Å². The summed E-state index contributed by atoms with van der Waals surface area (Å²) in [4.78, 5) is 21.8. The highest BCUT2D eigenvalue weighted by Crippen LogP contribution is 2.02. The first kappa shape index (κ1) is 14.0. The number of ether oxygens (including phenoxy) is 2. The molecule has 5 nitrogen and oxygen atoms in total. The van der Waals surface area contributed by atoms with Crippen LogP contribution in [0.4, 0.5) is 0 Å². The molecule has 0 heterocycles. The minimum Gasteiger partial charge on any atom is -0.452 e. The number of hydrogen-bond acceptors (Lipinski definition) is 5. The molecule has 0 radical (unpaired) electrons. The van der Waals surface area contributed by atoms with Crippen molar-refractivity contribution in [3.63, 3.8) is 0 Å². The number of nitrogens with zero attached hydrogens (tertiary/aromatic N) is 1. The quantitative estimate of drug-likeness (QED) is 0.362. The van der Waals surface area contributed by atoms with Crippen molar-refractivity contribution in [1.82, 2.24) is 0 Å². The molecule has 0 amide bonds. The monoisotopic (exact) mass is 223 g/mol. The molecule has 0 aromatic carbocycles. The van der Waals surface area contributed by atoms with Crippen LogP contribution in [0.25, 0.3) is 0 Å². The Kier molecular flexibility index (Phi) is 8.34. The summed E-state index contributed by atoms with van der Waals surface area (Å²) in [5, 5.41) is 8.14. The normalized spacial score (nSPS) is 8.62. The van der Waals surface area contributed by atoms with Gasteiger partial charge in [0.2, 0.25) is 0 Å². The lowest BCUT2D eigenvalue weighted by Crippen LogP contribution is -2.06. The zero-order valence-corrected chi connectivity index (χ0v) is 8.90. The molecule has 0 aliphatic carbocycles. The Morgan fingerprint density at radius 2 is 1.56 bits per heavy atom. The van der Waals surface area contributed by atoms with Crippen molar-refractivity contribution in [2.24, 2.45) is 0 Å². The highest BCUT2D eigenvalue weighted by molar-refractivity contribution is 5.70. The van der Waals surface area contributed by atoms with E-state index in [2.05, 4.69) is 15.4 Å². The molecule has 0 spiro atoms. The lowest BCUT2D eigenvalue weighted by Gasteiger charge is -2.01. The third-order valence-corrected chi connectivity index (χ3v) is 1.63. The largest absolute Gasteiger partial charge is 0.452 e. The minimum atomic E-state index is -0.432. The number of terminal acetylenes is 1. The molecular formula is C11H13NO4. The summed E-state index contributed by atoms with van der Waals surface area (Å²) in [5.41, 5.74) is 0. The number of carbonyl (C=O) groups excluding carboxylic acids is 2. The standard InChI is InChI=1S/C11H13NO4/c1-2-8-15-10(13)5-3-4-6-11(14)16-9-7-12/h1H,3-6,8-9H2. The maximum absolute atomic E-state index is 10.9. The van der Waals surface area contributed by atoms with Gasteiger partial charge in [0.05, 0.1) is 0 Å². The van der Waals surface area contributed by atoms with Crippen LogP contribution < -0.4 is 0 Å². The van der Waals surface area contributed by atoms with Crippen LogP contribution in [0.1, 0.15) is 25.7 Å². The van der Waals surface area contributed by atoms with Gasteiger partial charge in [-0.1, -0.05) is 5.92 Å². The number of unbranched alkanes of at least 4 members (excludes halogenated alkanes) is 1. The molecule has 0 aromatic heterocycles. The summed E-state index contributed by atoms with van der Waals surface area (Å²) in [6.07, 6.45) is 6.39. The molecule has 5 heteroatoms. The van der Waals surface area contributed by atoms with E-state index in [1.807, 2.05) is 0 Å². The Labute approximate surface area is 94.3 Å². The van der Waals surface area contributed by atoms with Gasteiger partial charge in [0, 0.05) is 12.8 Å². The lowest BCUT2D eigenvalue weighted by atomic mass is 10.2. The first-order valence-corrected chi connectivity index (χ1v) is 4.82. The van der Waals surface area contributed by atoms with Gasteiger partial charge >= 0.3 is 11.9 Å². The smallest absolute Gasteiger partial charge is 0.306 e. The van der Waals surface area contributed by atoms with Crippen molar-refractivity contribution < 1.29 is 19.1 Å². The van der Waals surface area contributed by atoms with Crippen molar-refractivity contribution in [1.29, 1.82) is 5.26 Å². The van der Waals surface area contributed by atoms with Crippen molar-refractivity contribution >= 4 is 11.9 Å². The fraction of sp³-hybridized carbons (Fsp3) is 0.545. The first-order valence-electron chi connectivity index (χ1n) is 4.82. The van der Waals surface area contributed by atoms with Crippen LogP contribution in [0.15, 0.2) is 0 Å². The second kappa shape index (κ2) is 9.54. The maximum Gasteiger partial charge on any atom is 0.306 e. The summed E-state index contributed by atoms with van der Waals surface area (Å²) in [7, 11) is 0. The Bertz CT molecular complexity index is 279. The highest BCUT2D eigenvalue weighted by Gasteiger charge is 2.05. The van der Waals surface area contributed by atoms with Crippen LogP contribution in [-0.4, -0.2) is 25.2 Å². The van der Waals surface area contributed by atoms with Gasteiger partial charge in [-0.2, -0.15) is 5.26 Å². The fourth-order valence-electron chi connectivity index (χ4n) is 0.918. The summed E-state index contributed by atoms with van der Waals surface area (Å²) < 4.78 is 9.15. The van der Waals surface area contributed by atoms with E-state index in [4.69, 9.17) is 11.7 Å². The molecule has 0 fully saturated rings. The number of nitriles is 1. The van der Waals surface area contributed by atoms with Crippen molar-refractivity contribution in [2.45, 2.75) is 25.7 Å². The zero-order chi connectivity index (χ0) is 12.2. The van der Waals surface area contributed by atoms with Crippen molar-refractivity contribution in [3.8, 4) is 18.4 Å². The van der Waals surface area contributed by atoms with Gasteiger partial charge in [-0.05, 0) is 12.8 Å². The van der Waals surface area contributed by atoms with Crippen LogP contribution in [0, 0.1) is 23.7 Å². The molecule has 0 bridgehead atoms.